The number of rotatable bonds is 8. The Morgan fingerprint density at radius 3 is 1.88 bits per heavy atom. The molecule has 25 heavy (non-hydrogen) atoms. The van der Waals surface area contributed by atoms with Gasteiger partial charge >= 0.3 is 0 Å². The van der Waals surface area contributed by atoms with E-state index in [2.05, 4.69) is 5.32 Å². The summed E-state index contributed by atoms with van der Waals surface area (Å²) in [5.74, 6) is 2.54. The average Bonchev–Trinajstić information content (AvgIpc) is 2.67. The van der Waals surface area contributed by atoms with E-state index in [1.807, 2.05) is 0 Å². The van der Waals surface area contributed by atoms with Gasteiger partial charge < -0.3 is 24.3 Å². The highest BCUT2D eigenvalue weighted by atomic mass is 16.5. The number of amides is 1. The molecule has 0 saturated carbocycles. The van der Waals surface area contributed by atoms with E-state index in [-0.39, 0.29) is 5.91 Å². The molecule has 1 amide bonds. The molecule has 0 fully saturated rings. The average molecular weight is 345 g/mol. The quantitative estimate of drug-likeness (QED) is 0.797. The first-order valence-corrected chi connectivity index (χ1v) is 7.84. The summed E-state index contributed by atoms with van der Waals surface area (Å²) < 4.78 is 21.1. The molecule has 0 aliphatic carbocycles. The molecule has 0 aliphatic heterocycles. The van der Waals surface area contributed by atoms with Crippen LogP contribution in [0.5, 0.6) is 23.0 Å². The SMILES string of the molecule is COc1ccc(C(=O)NCCc2c(OC)cc(OC)cc2OC)cc1. The van der Waals surface area contributed by atoms with Gasteiger partial charge in [0.05, 0.1) is 28.4 Å². The van der Waals surface area contributed by atoms with E-state index in [4.69, 9.17) is 18.9 Å². The zero-order valence-corrected chi connectivity index (χ0v) is 14.9. The van der Waals surface area contributed by atoms with E-state index in [0.29, 0.717) is 41.5 Å². The van der Waals surface area contributed by atoms with Crippen LogP contribution in [0.15, 0.2) is 36.4 Å². The fourth-order valence-electron chi connectivity index (χ4n) is 2.47. The van der Waals surface area contributed by atoms with Crippen LogP contribution in [-0.4, -0.2) is 40.9 Å². The van der Waals surface area contributed by atoms with Gasteiger partial charge in [-0.05, 0) is 30.7 Å². The van der Waals surface area contributed by atoms with Gasteiger partial charge in [-0.3, -0.25) is 4.79 Å². The number of hydrogen-bond donors (Lipinski definition) is 1. The van der Waals surface area contributed by atoms with Crippen LogP contribution in [-0.2, 0) is 6.42 Å². The van der Waals surface area contributed by atoms with Crippen molar-refractivity contribution in [3.63, 3.8) is 0 Å². The van der Waals surface area contributed by atoms with Crippen LogP contribution in [0.3, 0.4) is 0 Å². The maximum absolute atomic E-state index is 12.2. The van der Waals surface area contributed by atoms with Gasteiger partial charge in [0.1, 0.15) is 23.0 Å². The highest BCUT2D eigenvalue weighted by Crippen LogP contribution is 2.34. The minimum Gasteiger partial charge on any atom is -0.497 e. The molecule has 0 saturated heterocycles. The second kappa shape index (κ2) is 8.82. The van der Waals surface area contributed by atoms with E-state index in [1.54, 1.807) is 64.8 Å². The van der Waals surface area contributed by atoms with Gasteiger partial charge in [0, 0.05) is 29.8 Å². The molecular weight excluding hydrogens is 322 g/mol. The Morgan fingerprint density at radius 2 is 1.40 bits per heavy atom. The van der Waals surface area contributed by atoms with Crippen molar-refractivity contribution in [2.24, 2.45) is 0 Å². The van der Waals surface area contributed by atoms with E-state index in [9.17, 15) is 4.79 Å². The van der Waals surface area contributed by atoms with E-state index < -0.39 is 0 Å². The number of hydrogen-bond acceptors (Lipinski definition) is 5. The third-order valence-electron chi connectivity index (χ3n) is 3.83. The van der Waals surface area contributed by atoms with Crippen LogP contribution in [0.1, 0.15) is 15.9 Å². The number of carbonyl (C=O) groups is 1. The Kier molecular flexibility index (Phi) is 6.51. The number of nitrogens with one attached hydrogen (secondary N) is 1. The Balaban J connectivity index is 2.04. The molecule has 6 nitrogen and oxygen atoms in total. The lowest BCUT2D eigenvalue weighted by Crippen LogP contribution is -2.25. The van der Waals surface area contributed by atoms with Crippen molar-refractivity contribution in [3.8, 4) is 23.0 Å². The lowest BCUT2D eigenvalue weighted by atomic mass is 10.1. The van der Waals surface area contributed by atoms with Crippen LogP contribution in [0.4, 0.5) is 0 Å². The van der Waals surface area contributed by atoms with Gasteiger partial charge in [-0.1, -0.05) is 0 Å². The topological polar surface area (TPSA) is 66.0 Å². The molecule has 0 bridgehead atoms. The van der Waals surface area contributed by atoms with Crippen molar-refractivity contribution in [1.29, 1.82) is 0 Å². The lowest BCUT2D eigenvalue weighted by Gasteiger charge is -2.15. The summed E-state index contributed by atoms with van der Waals surface area (Å²) in [5, 5.41) is 2.89. The first-order chi connectivity index (χ1) is 12.1. The molecule has 134 valence electrons. The molecule has 1 N–H and O–H groups in total. The highest BCUT2D eigenvalue weighted by molar-refractivity contribution is 5.94. The zero-order valence-electron chi connectivity index (χ0n) is 14.9. The maximum atomic E-state index is 12.2. The molecule has 0 unspecified atom stereocenters. The van der Waals surface area contributed by atoms with Crippen LogP contribution in [0.2, 0.25) is 0 Å². The summed E-state index contributed by atoms with van der Waals surface area (Å²) in [6.45, 7) is 0.448. The molecule has 0 aromatic heterocycles. The molecule has 0 heterocycles. The zero-order chi connectivity index (χ0) is 18.2. The number of methoxy groups -OCH3 is 4. The minimum absolute atomic E-state index is 0.144. The van der Waals surface area contributed by atoms with Crippen molar-refractivity contribution < 1.29 is 23.7 Å². The third kappa shape index (κ3) is 4.56. The van der Waals surface area contributed by atoms with Crippen molar-refractivity contribution in [2.45, 2.75) is 6.42 Å². The maximum Gasteiger partial charge on any atom is 0.251 e. The van der Waals surface area contributed by atoms with Crippen molar-refractivity contribution in [3.05, 3.63) is 47.5 Å². The predicted molar refractivity (Wildman–Crippen MR) is 95.1 cm³/mol. The Bertz CT molecular complexity index is 687. The Morgan fingerprint density at radius 1 is 0.840 bits per heavy atom. The second-order valence-corrected chi connectivity index (χ2v) is 5.24. The smallest absolute Gasteiger partial charge is 0.251 e. The molecule has 6 heteroatoms. The molecule has 2 aromatic carbocycles. The third-order valence-corrected chi connectivity index (χ3v) is 3.83. The van der Waals surface area contributed by atoms with Crippen molar-refractivity contribution in [2.75, 3.05) is 35.0 Å². The molecular formula is C19H23NO5. The fourth-order valence-corrected chi connectivity index (χ4v) is 2.47. The largest absolute Gasteiger partial charge is 0.497 e. The second-order valence-electron chi connectivity index (χ2n) is 5.24. The summed E-state index contributed by atoms with van der Waals surface area (Å²) in [6, 6.07) is 10.5. The number of ether oxygens (including phenoxy) is 4. The lowest BCUT2D eigenvalue weighted by molar-refractivity contribution is 0.0954. The van der Waals surface area contributed by atoms with Gasteiger partial charge in [0.15, 0.2) is 0 Å². The summed E-state index contributed by atoms with van der Waals surface area (Å²) in [6.07, 6.45) is 0.568. The van der Waals surface area contributed by atoms with Gasteiger partial charge in [-0.2, -0.15) is 0 Å². The Hall–Kier alpha value is -2.89. The van der Waals surface area contributed by atoms with Crippen molar-refractivity contribution in [1.82, 2.24) is 5.32 Å². The van der Waals surface area contributed by atoms with Crippen LogP contribution < -0.4 is 24.3 Å². The highest BCUT2D eigenvalue weighted by Gasteiger charge is 2.14. The van der Waals surface area contributed by atoms with E-state index in [1.165, 1.54) is 0 Å². The first-order valence-electron chi connectivity index (χ1n) is 7.84. The van der Waals surface area contributed by atoms with Crippen LogP contribution >= 0.6 is 0 Å². The summed E-state index contributed by atoms with van der Waals surface area (Å²) >= 11 is 0. The predicted octanol–water partition coefficient (Wildman–Crippen LogP) is 2.69. The summed E-state index contributed by atoms with van der Waals surface area (Å²) in [7, 11) is 6.36. The molecule has 0 atom stereocenters. The first kappa shape index (κ1) is 18.4. The van der Waals surface area contributed by atoms with Crippen LogP contribution in [0.25, 0.3) is 0 Å². The molecule has 2 aromatic rings. The molecule has 0 radical (unpaired) electrons. The number of benzene rings is 2. The fraction of sp³-hybridized carbons (Fsp3) is 0.316. The van der Waals surface area contributed by atoms with Gasteiger partial charge in [0.25, 0.3) is 5.91 Å². The monoisotopic (exact) mass is 345 g/mol. The van der Waals surface area contributed by atoms with Gasteiger partial charge in [-0.15, -0.1) is 0 Å². The number of carbonyl (C=O) groups excluding carboxylic acids is 1. The molecule has 0 spiro atoms. The standard InChI is InChI=1S/C19H23NO5/c1-22-14-7-5-13(6-8-14)19(21)20-10-9-16-17(24-3)11-15(23-2)12-18(16)25-4/h5-8,11-12H,9-10H2,1-4H3,(H,20,21). The summed E-state index contributed by atoms with van der Waals surface area (Å²) in [4.78, 5) is 12.2. The van der Waals surface area contributed by atoms with Crippen LogP contribution in [0, 0.1) is 0 Å². The van der Waals surface area contributed by atoms with E-state index in [0.717, 1.165) is 5.56 Å². The normalized spacial score (nSPS) is 10.1. The molecule has 0 aliphatic rings. The van der Waals surface area contributed by atoms with Crippen molar-refractivity contribution >= 4 is 5.91 Å². The molecule has 2 rings (SSSR count). The van der Waals surface area contributed by atoms with Gasteiger partial charge in [-0.25, -0.2) is 0 Å². The Labute approximate surface area is 147 Å². The van der Waals surface area contributed by atoms with Gasteiger partial charge in [0.2, 0.25) is 0 Å². The summed E-state index contributed by atoms with van der Waals surface area (Å²) in [5.41, 5.74) is 1.45. The van der Waals surface area contributed by atoms with E-state index >= 15 is 0 Å². The minimum atomic E-state index is -0.144.